The van der Waals surface area contributed by atoms with Gasteiger partial charge < -0.3 is 15.3 Å². The van der Waals surface area contributed by atoms with Gasteiger partial charge in [0, 0.05) is 26.2 Å². The Morgan fingerprint density at radius 1 is 1.40 bits per heavy atom. The molecule has 15 heavy (non-hydrogen) atoms. The monoisotopic (exact) mass is 214 g/mol. The molecule has 0 unspecified atom stereocenters. The standard InChI is InChI=1S/C11H22N2O2/c1-13(8-3-2-4-9-14)11(15)12-10-6-5-7-10/h10,14H,2-9H2,1H3,(H,12,15). The number of hydrogen-bond donors (Lipinski definition) is 2. The summed E-state index contributed by atoms with van der Waals surface area (Å²) in [5, 5.41) is 11.6. The first-order valence-corrected chi connectivity index (χ1v) is 5.86. The van der Waals surface area contributed by atoms with Gasteiger partial charge in [0.05, 0.1) is 0 Å². The maximum Gasteiger partial charge on any atom is 0.317 e. The van der Waals surface area contributed by atoms with Crippen molar-refractivity contribution in [2.75, 3.05) is 20.2 Å². The van der Waals surface area contributed by atoms with Crippen molar-refractivity contribution in [2.45, 2.75) is 44.6 Å². The number of nitrogens with zero attached hydrogens (tertiary/aromatic N) is 1. The lowest BCUT2D eigenvalue weighted by Gasteiger charge is -2.29. The highest BCUT2D eigenvalue weighted by Gasteiger charge is 2.20. The third-order valence-corrected chi connectivity index (χ3v) is 2.93. The molecule has 0 aromatic heterocycles. The summed E-state index contributed by atoms with van der Waals surface area (Å²) in [7, 11) is 1.83. The van der Waals surface area contributed by atoms with Gasteiger partial charge in [0.2, 0.25) is 0 Å². The first-order valence-electron chi connectivity index (χ1n) is 5.86. The molecule has 0 saturated heterocycles. The van der Waals surface area contributed by atoms with Gasteiger partial charge in [-0.25, -0.2) is 4.79 Å². The fourth-order valence-electron chi connectivity index (χ4n) is 1.58. The minimum absolute atomic E-state index is 0.0451. The fourth-order valence-corrected chi connectivity index (χ4v) is 1.58. The molecule has 1 aliphatic rings. The predicted octanol–water partition coefficient (Wildman–Crippen LogP) is 1.34. The second-order valence-electron chi connectivity index (χ2n) is 4.28. The molecular formula is C11H22N2O2. The van der Waals surface area contributed by atoms with Crippen molar-refractivity contribution in [3.05, 3.63) is 0 Å². The first-order chi connectivity index (χ1) is 7.24. The van der Waals surface area contributed by atoms with E-state index in [1.807, 2.05) is 7.05 Å². The highest BCUT2D eigenvalue weighted by molar-refractivity contribution is 5.74. The van der Waals surface area contributed by atoms with Gasteiger partial charge in [-0.1, -0.05) is 0 Å². The van der Waals surface area contributed by atoms with E-state index in [9.17, 15) is 4.79 Å². The van der Waals surface area contributed by atoms with Crippen molar-refractivity contribution < 1.29 is 9.90 Å². The Labute approximate surface area is 91.6 Å². The Bertz CT molecular complexity index is 193. The lowest BCUT2D eigenvalue weighted by atomic mass is 9.93. The number of rotatable bonds is 6. The van der Waals surface area contributed by atoms with Crippen LogP contribution in [0.25, 0.3) is 0 Å². The average molecular weight is 214 g/mol. The molecule has 0 heterocycles. The number of carbonyl (C=O) groups excluding carboxylic acids is 1. The minimum atomic E-state index is 0.0451. The summed E-state index contributed by atoms with van der Waals surface area (Å²) in [6, 6.07) is 0.459. The second-order valence-corrected chi connectivity index (χ2v) is 4.28. The smallest absolute Gasteiger partial charge is 0.317 e. The number of hydrogen-bond acceptors (Lipinski definition) is 2. The van der Waals surface area contributed by atoms with Gasteiger partial charge in [-0.2, -0.15) is 0 Å². The Balaban J connectivity index is 2.03. The van der Waals surface area contributed by atoms with Crippen molar-refractivity contribution in [1.29, 1.82) is 0 Å². The third-order valence-electron chi connectivity index (χ3n) is 2.93. The van der Waals surface area contributed by atoms with E-state index >= 15 is 0 Å². The fraction of sp³-hybridized carbons (Fsp3) is 0.909. The van der Waals surface area contributed by atoms with Crippen molar-refractivity contribution >= 4 is 6.03 Å². The van der Waals surface area contributed by atoms with E-state index in [1.54, 1.807) is 4.90 Å². The summed E-state index contributed by atoms with van der Waals surface area (Å²) >= 11 is 0. The van der Waals surface area contributed by atoms with Gasteiger partial charge in [-0.05, 0) is 38.5 Å². The number of aliphatic hydroxyl groups is 1. The van der Waals surface area contributed by atoms with Gasteiger partial charge >= 0.3 is 6.03 Å². The molecule has 4 heteroatoms. The topological polar surface area (TPSA) is 52.6 Å². The van der Waals surface area contributed by atoms with E-state index in [2.05, 4.69) is 5.32 Å². The van der Waals surface area contributed by atoms with Crippen LogP contribution in [0.2, 0.25) is 0 Å². The minimum Gasteiger partial charge on any atom is -0.396 e. The highest BCUT2D eigenvalue weighted by Crippen LogP contribution is 2.18. The molecule has 0 bridgehead atoms. The molecule has 88 valence electrons. The molecule has 0 atom stereocenters. The zero-order valence-electron chi connectivity index (χ0n) is 9.54. The maximum absolute atomic E-state index is 11.6. The highest BCUT2D eigenvalue weighted by atomic mass is 16.2. The van der Waals surface area contributed by atoms with Crippen LogP contribution in [0.1, 0.15) is 38.5 Å². The van der Waals surface area contributed by atoms with Gasteiger partial charge in [0.15, 0.2) is 0 Å². The van der Waals surface area contributed by atoms with E-state index in [-0.39, 0.29) is 12.6 Å². The molecule has 0 aliphatic heterocycles. The van der Waals surface area contributed by atoms with E-state index < -0.39 is 0 Å². The molecule has 0 aromatic rings. The van der Waals surface area contributed by atoms with Crippen molar-refractivity contribution in [1.82, 2.24) is 10.2 Å². The molecule has 2 N–H and O–H groups in total. The zero-order chi connectivity index (χ0) is 11.1. The Kier molecular flexibility index (Phi) is 5.47. The van der Waals surface area contributed by atoms with Crippen LogP contribution in [0.4, 0.5) is 4.79 Å². The summed E-state index contributed by atoms with van der Waals surface area (Å²) < 4.78 is 0. The number of carbonyl (C=O) groups is 1. The number of unbranched alkanes of at least 4 members (excludes halogenated alkanes) is 2. The quantitative estimate of drug-likeness (QED) is 0.656. The van der Waals surface area contributed by atoms with Crippen LogP contribution in [0.15, 0.2) is 0 Å². The summed E-state index contributed by atoms with van der Waals surface area (Å²) in [4.78, 5) is 13.3. The third kappa shape index (κ3) is 4.51. The molecule has 1 aliphatic carbocycles. The molecule has 0 spiro atoms. The van der Waals surface area contributed by atoms with Gasteiger partial charge in [0.1, 0.15) is 0 Å². The molecular weight excluding hydrogens is 192 g/mol. The van der Waals surface area contributed by atoms with Crippen LogP contribution in [0.5, 0.6) is 0 Å². The van der Waals surface area contributed by atoms with Crippen molar-refractivity contribution in [3.8, 4) is 0 Å². The lowest BCUT2D eigenvalue weighted by Crippen LogP contribution is -2.46. The Morgan fingerprint density at radius 3 is 2.67 bits per heavy atom. The number of amides is 2. The summed E-state index contributed by atoms with van der Waals surface area (Å²) in [6.45, 7) is 1.02. The number of urea groups is 1. The first kappa shape index (κ1) is 12.3. The summed E-state index contributed by atoms with van der Waals surface area (Å²) in [6.07, 6.45) is 6.28. The second kappa shape index (κ2) is 6.67. The Hall–Kier alpha value is -0.770. The Morgan fingerprint density at radius 2 is 2.13 bits per heavy atom. The maximum atomic E-state index is 11.6. The van der Waals surface area contributed by atoms with Crippen LogP contribution in [0, 0.1) is 0 Å². The number of aliphatic hydroxyl groups excluding tert-OH is 1. The van der Waals surface area contributed by atoms with Crippen molar-refractivity contribution in [2.24, 2.45) is 0 Å². The molecule has 1 saturated carbocycles. The average Bonchev–Trinajstić information content (AvgIpc) is 2.17. The summed E-state index contributed by atoms with van der Waals surface area (Å²) in [5.41, 5.74) is 0. The van der Waals surface area contributed by atoms with E-state index in [0.29, 0.717) is 6.04 Å². The van der Waals surface area contributed by atoms with Gasteiger partial charge in [0.25, 0.3) is 0 Å². The van der Waals surface area contributed by atoms with Crippen LogP contribution in [-0.4, -0.2) is 42.3 Å². The SMILES string of the molecule is CN(CCCCCO)C(=O)NC1CCC1. The van der Waals surface area contributed by atoms with Crippen LogP contribution < -0.4 is 5.32 Å². The van der Waals surface area contributed by atoms with Crippen LogP contribution in [0.3, 0.4) is 0 Å². The molecule has 0 radical (unpaired) electrons. The molecule has 2 amide bonds. The largest absolute Gasteiger partial charge is 0.396 e. The van der Waals surface area contributed by atoms with Gasteiger partial charge in [-0.15, -0.1) is 0 Å². The molecule has 0 aromatic carbocycles. The molecule has 1 rings (SSSR count). The van der Waals surface area contributed by atoms with Crippen molar-refractivity contribution in [3.63, 3.8) is 0 Å². The lowest BCUT2D eigenvalue weighted by molar-refractivity contribution is 0.195. The molecule has 4 nitrogen and oxygen atoms in total. The molecule has 1 fully saturated rings. The van der Waals surface area contributed by atoms with Crippen LogP contribution >= 0.6 is 0 Å². The number of nitrogens with one attached hydrogen (secondary N) is 1. The van der Waals surface area contributed by atoms with E-state index in [0.717, 1.165) is 38.6 Å². The zero-order valence-corrected chi connectivity index (χ0v) is 9.54. The summed E-state index contributed by atoms with van der Waals surface area (Å²) in [5.74, 6) is 0. The van der Waals surface area contributed by atoms with Gasteiger partial charge in [-0.3, -0.25) is 0 Å². The van der Waals surface area contributed by atoms with Crippen LogP contribution in [-0.2, 0) is 0 Å². The van der Waals surface area contributed by atoms with E-state index in [4.69, 9.17) is 5.11 Å². The van der Waals surface area contributed by atoms with E-state index in [1.165, 1.54) is 6.42 Å². The normalized spacial score (nSPS) is 15.9. The predicted molar refractivity (Wildman–Crippen MR) is 59.7 cm³/mol.